The maximum absolute atomic E-state index is 2.42. The van der Waals surface area contributed by atoms with Crippen molar-refractivity contribution in [1.82, 2.24) is 0 Å². The van der Waals surface area contributed by atoms with Crippen LogP contribution in [0.5, 0.6) is 0 Å². The molecule has 96 valence electrons. The van der Waals surface area contributed by atoms with Crippen molar-refractivity contribution in [2.75, 3.05) is 0 Å². The lowest BCUT2D eigenvalue weighted by Crippen LogP contribution is -2.06. The molecule has 16 heavy (non-hydrogen) atoms. The van der Waals surface area contributed by atoms with Crippen LogP contribution in [0, 0.1) is 11.8 Å². The summed E-state index contributed by atoms with van der Waals surface area (Å²) in [4.78, 5) is 0. The fourth-order valence-electron chi connectivity index (χ4n) is 2.06. The van der Waals surface area contributed by atoms with E-state index in [1.807, 2.05) is 0 Å². The van der Waals surface area contributed by atoms with Crippen LogP contribution in [0.3, 0.4) is 0 Å². The lowest BCUT2D eigenvalue weighted by Gasteiger charge is -2.18. The van der Waals surface area contributed by atoms with Crippen LogP contribution >= 0.6 is 0 Å². The lowest BCUT2D eigenvalue weighted by atomic mass is 9.88. The highest BCUT2D eigenvalue weighted by Crippen LogP contribution is 2.22. The second-order valence-corrected chi connectivity index (χ2v) is 5.27. The molecule has 0 spiro atoms. The Kier molecular flexibility index (Phi) is 11.0. The molecular formula is C16H32. The third-order valence-corrected chi connectivity index (χ3v) is 3.64. The van der Waals surface area contributed by atoms with Crippen LogP contribution < -0.4 is 0 Å². The van der Waals surface area contributed by atoms with E-state index in [9.17, 15) is 0 Å². The van der Waals surface area contributed by atoms with Gasteiger partial charge in [0.05, 0.1) is 0 Å². The van der Waals surface area contributed by atoms with E-state index in [0.717, 1.165) is 11.8 Å². The Hall–Kier alpha value is -0.260. The van der Waals surface area contributed by atoms with Crippen LogP contribution in [0.1, 0.15) is 79.1 Å². The molecule has 0 aromatic heterocycles. The summed E-state index contributed by atoms with van der Waals surface area (Å²) in [5, 5.41) is 0. The molecule has 0 aliphatic heterocycles. The molecule has 0 nitrogen and oxygen atoms in total. The lowest BCUT2D eigenvalue weighted by molar-refractivity contribution is 0.353. The van der Waals surface area contributed by atoms with E-state index in [4.69, 9.17) is 0 Å². The minimum atomic E-state index is 0.856. The van der Waals surface area contributed by atoms with Gasteiger partial charge in [0.2, 0.25) is 0 Å². The van der Waals surface area contributed by atoms with Crippen molar-refractivity contribution in [2.24, 2.45) is 11.8 Å². The summed E-state index contributed by atoms with van der Waals surface area (Å²) in [7, 11) is 0. The average Bonchev–Trinajstić information content (AvgIpc) is 2.28. The minimum Gasteiger partial charge on any atom is -0.0888 e. The van der Waals surface area contributed by atoms with Crippen molar-refractivity contribution in [3.63, 3.8) is 0 Å². The molecule has 0 radical (unpaired) electrons. The molecule has 0 bridgehead atoms. The summed E-state index contributed by atoms with van der Waals surface area (Å²) in [6, 6.07) is 0. The third kappa shape index (κ3) is 9.00. The molecule has 0 aromatic rings. The van der Waals surface area contributed by atoms with E-state index < -0.39 is 0 Å². The molecular weight excluding hydrogens is 192 g/mol. The van der Waals surface area contributed by atoms with Gasteiger partial charge in [0.1, 0.15) is 0 Å². The van der Waals surface area contributed by atoms with E-state index in [2.05, 4.69) is 39.8 Å². The standard InChI is InChI=1S/C16H32/c1-5-7-9-10-12-14-16(4)15(3)13-11-8-6-2/h8,11,15-16H,5-7,9-10,12-14H2,1-4H3. The molecule has 0 aromatic carbocycles. The topological polar surface area (TPSA) is 0 Å². The third-order valence-electron chi connectivity index (χ3n) is 3.64. The first-order valence-corrected chi connectivity index (χ1v) is 7.37. The maximum atomic E-state index is 2.42. The molecule has 0 fully saturated rings. The van der Waals surface area contributed by atoms with E-state index >= 15 is 0 Å². The summed E-state index contributed by atoms with van der Waals surface area (Å²) in [6.07, 6.45) is 15.6. The predicted octanol–water partition coefficient (Wildman–Crippen LogP) is 5.98. The smallest absolute Gasteiger partial charge is 0.0322 e. The second-order valence-electron chi connectivity index (χ2n) is 5.27. The number of rotatable bonds is 10. The number of unbranched alkanes of at least 4 members (excludes halogenated alkanes) is 4. The van der Waals surface area contributed by atoms with Crippen LogP contribution in [0.15, 0.2) is 12.2 Å². The zero-order valence-corrected chi connectivity index (χ0v) is 12.0. The highest BCUT2D eigenvalue weighted by atomic mass is 14.2. The Labute approximate surface area is 104 Å². The zero-order chi connectivity index (χ0) is 12.2. The van der Waals surface area contributed by atoms with Gasteiger partial charge in [0.25, 0.3) is 0 Å². The van der Waals surface area contributed by atoms with Crippen LogP contribution in [0.2, 0.25) is 0 Å². The van der Waals surface area contributed by atoms with Gasteiger partial charge in [0.15, 0.2) is 0 Å². The molecule has 0 saturated heterocycles. The highest BCUT2D eigenvalue weighted by molar-refractivity contribution is 4.83. The number of hydrogen-bond donors (Lipinski definition) is 0. The highest BCUT2D eigenvalue weighted by Gasteiger charge is 2.09. The largest absolute Gasteiger partial charge is 0.0888 e. The van der Waals surface area contributed by atoms with Crippen LogP contribution in [-0.2, 0) is 0 Å². The normalized spacial score (nSPS) is 15.5. The van der Waals surface area contributed by atoms with Crippen molar-refractivity contribution in [2.45, 2.75) is 79.1 Å². The molecule has 2 unspecified atom stereocenters. The van der Waals surface area contributed by atoms with E-state index in [0.29, 0.717) is 0 Å². The Morgan fingerprint density at radius 1 is 0.812 bits per heavy atom. The van der Waals surface area contributed by atoms with Crippen molar-refractivity contribution < 1.29 is 0 Å². The molecule has 0 heterocycles. The van der Waals surface area contributed by atoms with Gasteiger partial charge in [-0.05, 0) is 24.7 Å². The molecule has 0 heteroatoms. The summed E-state index contributed by atoms with van der Waals surface area (Å²) in [6.45, 7) is 9.31. The first kappa shape index (κ1) is 15.7. The van der Waals surface area contributed by atoms with Crippen molar-refractivity contribution in [1.29, 1.82) is 0 Å². The van der Waals surface area contributed by atoms with E-state index in [-0.39, 0.29) is 0 Å². The fraction of sp³-hybridized carbons (Fsp3) is 0.875. The summed E-state index contributed by atoms with van der Waals surface area (Å²) < 4.78 is 0. The zero-order valence-electron chi connectivity index (χ0n) is 12.0. The molecule has 0 saturated carbocycles. The van der Waals surface area contributed by atoms with Gasteiger partial charge >= 0.3 is 0 Å². The molecule has 0 N–H and O–H groups in total. The van der Waals surface area contributed by atoms with Crippen molar-refractivity contribution in [3.05, 3.63) is 12.2 Å². The first-order valence-electron chi connectivity index (χ1n) is 7.37. The number of allylic oxidation sites excluding steroid dienone is 2. The van der Waals surface area contributed by atoms with Gasteiger partial charge in [-0.2, -0.15) is 0 Å². The van der Waals surface area contributed by atoms with Gasteiger partial charge in [-0.3, -0.25) is 0 Å². The Bertz CT molecular complexity index is 157. The first-order chi connectivity index (χ1) is 7.72. The minimum absolute atomic E-state index is 0.856. The maximum Gasteiger partial charge on any atom is -0.0322 e. The van der Waals surface area contributed by atoms with Gasteiger partial charge in [-0.1, -0.05) is 78.4 Å². The van der Waals surface area contributed by atoms with Crippen LogP contribution in [-0.4, -0.2) is 0 Å². The summed E-state index contributed by atoms with van der Waals surface area (Å²) in [5.41, 5.74) is 0. The molecule has 2 atom stereocenters. The van der Waals surface area contributed by atoms with Crippen LogP contribution in [0.25, 0.3) is 0 Å². The quantitative estimate of drug-likeness (QED) is 0.316. The van der Waals surface area contributed by atoms with Gasteiger partial charge < -0.3 is 0 Å². The summed E-state index contributed by atoms with van der Waals surface area (Å²) in [5.74, 6) is 1.75. The predicted molar refractivity (Wildman–Crippen MR) is 75.8 cm³/mol. The molecule has 0 aliphatic rings. The molecule has 0 amide bonds. The van der Waals surface area contributed by atoms with Gasteiger partial charge in [-0.15, -0.1) is 0 Å². The van der Waals surface area contributed by atoms with E-state index in [1.165, 1.54) is 51.4 Å². The molecule has 0 aliphatic carbocycles. The van der Waals surface area contributed by atoms with Crippen molar-refractivity contribution in [3.8, 4) is 0 Å². The Morgan fingerprint density at radius 3 is 2.12 bits per heavy atom. The summed E-state index contributed by atoms with van der Waals surface area (Å²) >= 11 is 0. The average molecular weight is 224 g/mol. The number of hydrogen-bond acceptors (Lipinski definition) is 0. The van der Waals surface area contributed by atoms with Crippen molar-refractivity contribution >= 4 is 0 Å². The van der Waals surface area contributed by atoms with Crippen LogP contribution in [0.4, 0.5) is 0 Å². The Balaban J connectivity index is 3.47. The SMILES string of the molecule is CCC=CCC(C)C(C)CCCCCCC. The second kappa shape index (κ2) is 11.2. The fourth-order valence-corrected chi connectivity index (χ4v) is 2.06. The monoisotopic (exact) mass is 224 g/mol. The Morgan fingerprint density at radius 2 is 1.50 bits per heavy atom. The van der Waals surface area contributed by atoms with Gasteiger partial charge in [0, 0.05) is 0 Å². The van der Waals surface area contributed by atoms with Gasteiger partial charge in [-0.25, -0.2) is 0 Å². The van der Waals surface area contributed by atoms with E-state index in [1.54, 1.807) is 0 Å². The molecule has 0 rings (SSSR count).